The lowest BCUT2D eigenvalue weighted by molar-refractivity contribution is -0.134. The van der Waals surface area contributed by atoms with Gasteiger partial charge in [0.2, 0.25) is 0 Å². The van der Waals surface area contributed by atoms with Crippen molar-refractivity contribution in [1.82, 2.24) is 4.98 Å². The highest BCUT2D eigenvalue weighted by molar-refractivity contribution is 7.15. The van der Waals surface area contributed by atoms with Crippen molar-refractivity contribution < 1.29 is 22.6 Å². The first-order valence-electron chi connectivity index (χ1n) is 7.92. The van der Waals surface area contributed by atoms with Crippen molar-refractivity contribution in [2.45, 2.75) is 24.4 Å². The Hall–Kier alpha value is -1.80. The maximum absolute atomic E-state index is 12.7. The van der Waals surface area contributed by atoms with E-state index in [1.807, 2.05) is 24.3 Å². The molecule has 1 aliphatic rings. The lowest BCUT2D eigenvalue weighted by Gasteiger charge is -2.38. The summed E-state index contributed by atoms with van der Waals surface area (Å²) in [5, 5.41) is 3.38. The Bertz CT molecular complexity index is 695. The molecular formula is C17H19F3N2O2S. The van der Waals surface area contributed by atoms with Gasteiger partial charge in [-0.3, -0.25) is 0 Å². The van der Waals surface area contributed by atoms with E-state index in [1.165, 1.54) is 0 Å². The molecule has 1 N–H and O–H groups in total. The Morgan fingerprint density at radius 3 is 2.48 bits per heavy atom. The van der Waals surface area contributed by atoms with Gasteiger partial charge in [0.15, 0.2) is 5.13 Å². The zero-order valence-electron chi connectivity index (χ0n) is 13.7. The molecule has 2 aromatic rings. The smallest absolute Gasteiger partial charge is 0.427 e. The molecule has 0 radical (unpaired) electrons. The number of nitrogens with zero attached hydrogens (tertiary/aromatic N) is 1. The summed E-state index contributed by atoms with van der Waals surface area (Å²) in [7, 11) is 1.61. The van der Waals surface area contributed by atoms with E-state index in [0.29, 0.717) is 31.1 Å². The van der Waals surface area contributed by atoms with Gasteiger partial charge < -0.3 is 14.8 Å². The summed E-state index contributed by atoms with van der Waals surface area (Å²) in [6, 6.07) is 7.82. The zero-order valence-corrected chi connectivity index (χ0v) is 14.5. The van der Waals surface area contributed by atoms with Crippen molar-refractivity contribution in [3.05, 3.63) is 40.9 Å². The van der Waals surface area contributed by atoms with Gasteiger partial charge in [-0.05, 0) is 30.5 Å². The maximum Gasteiger partial charge on any atom is 0.427 e. The van der Waals surface area contributed by atoms with E-state index < -0.39 is 11.1 Å². The van der Waals surface area contributed by atoms with Crippen LogP contribution in [0.1, 0.15) is 23.3 Å². The van der Waals surface area contributed by atoms with Crippen LogP contribution < -0.4 is 10.1 Å². The molecule has 1 aliphatic heterocycles. The highest BCUT2D eigenvalue weighted by Crippen LogP contribution is 2.38. The van der Waals surface area contributed by atoms with Crippen LogP contribution in [0.5, 0.6) is 5.75 Å². The fourth-order valence-corrected chi connectivity index (χ4v) is 3.69. The van der Waals surface area contributed by atoms with Crippen LogP contribution in [0.3, 0.4) is 0 Å². The molecule has 1 saturated heterocycles. The van der Waals surface area contributed by atoms with Crippen LogP contribution in [0.25, 0.3) is 0 Å². The van der Waals surface area contributed by atoms with Crippen molar-refractivity contribution in [1.29, 1.82) is 0 Å². The molecule has 25 heavy (non-hydrogen) atoms. The molecular weight excluding hydrogens is 353 g/mol. The Kier molecular flexibility index (Phi) is 5.19. The van der Waals surface area contributed by atoms with Crippen LogP contribution in [0, 0.1) is 0 Å². The van der Waals surface area contributed by atoms with Gasteiger partial charge in [0.25, 0.3) is 0 Å². The van der Waals surface area contributed by atoms with E-state index in [1.54, 1.807) is 7.11 Å². The molecule has 0 atom stereocenters. The molecule has 2 heterocycles. The molecule has 0 unspecified atom stereocenters. The van der Waals surface area contributed by atoms with Gasteiger partial charge in [0.1, 0.15) is 10.6 Å². The number of alkyl halides is 3. The molecule has 8 heteroatoms. The van der Waals surface area contributed by atoms with Crippen LogP contribution in [0.2, 0.25) is 0 Å². The molecule has 0 spiro atoms. The van der Waals surface area contributed by atoms with E-state index in [2.05, 4.69) is 10.3 Å². The van der Waals surface area contributed by atoms with Crippen LogP contribution in [0.4, 0.5) is 18.3 Å². The van der Waals surface area contributed by atoms with E-state index in [4.69, 9.17) is 9.47 Å². The fourth-order valence-electron chi connectivity index (χ4n) is 3.01. The van der Waals surface area contributed by atoms with Gasteiger partial charge in [0, 0.05) is 25.2 Å². The van der Waals surface area contributed by atoms with Crippen LogP contribution >= 0.6 is 11.3 Å². The number of nitrogens with one attached hydrogen (secondary N) is 1. The van der Waals surface area contributed by atoms with E-state index in [0.717, 1.165) is 30.4 Å². The van der Waals surface area contributed by atoms with E-state index in [-0.39, 0.29) is 10.5 Å². The number of methoxy groups -OCH3 is 1. The van der Waals surface area contributed by atoms with Crippen LogP contribution in [-0.4, -0.2) is 31.9 Å². The summed E-state index contributed by atoms with van der Waals surface area (Å²) in [6.07, 6.45) is -1.89. The molecule has 0 bridgehead atoms. The molecule has 4 nitrogen and oxygen atoms in total. The standard InChI is InChI=1S/C17H19F3N2O2S/c1-23-13-4-2-12(3-5-13)16(6-8-24-9-7-16)11-22-15-21-10-14(25-15)17(18,19)20/h2-5,10H,6-9,11H2,1H3,(H,21,22). The first kappa shape index (κ1) is 18.0. The average molecular weight is 372 g/mol. The third-order valence-corrected chi connectivity index (χ3v) is 5.52. The predicted molar refractivity (Wildman–Crippen MR) is 90.3 cm³/mol. The molecule has 0 aliphatic carbocycles. The molecule has 0 amide bonds. The van der Waals surface area contributed by atoms with E-state index in [9.17, 15) is 13.2 Å². The quantitative estimate of drug-likeness (QED) is 0.848. The number of rotatable bonds is 5. The van der Waals surface area contributed by atoms with Crippen molar-refractivity contribution in [3.63, 3.8) is 0 Å². The zero-order chi connectivity index (χ0) is 17.9. The summed E-state index contributed by atoms with van der Waals surface area (Å²) in [4.78, 5) is 3.16. The summed E-state index contributed by atoms with van der Waals surface area (Å²) in [5.41, 5.74) is 0.922. The number of thiazole rings is 1. The second-order valence-corrected chi connectivity index (χ2v) is 7.03. The Labute approximate surface area is 148 Å². The minimum absolute atomic E-state index is 0.200. The second kappa shape index (κ2) is 7.21. The molecule has 1 aromatic heterocycles. The lowest BCUT2D eigenvalue weighted by Crippen LogP contribution is -2.40. The minimum atomic E-state index is -4.36. The summed E-state index contributed by atoms with van der Waals surface area (Å²) in [6.45, 7) is 1.76. The van der Waals surface area contributed by atoms with Gasteiger partial charge in [-0.2, -0.15) is 13.2 Å². The Morgan fingerprint density at radius 2 is 1.92 bits per heavy atom. The van der Waals surface area contributed by atoms with Crippen molar-refractivity contribution in [3.8, 4) is 5.75 Å². The van der Waals surface area contributed by atoms with Crippen molar-refractivity contribution in [2.75, 3.05) is 32.2 Å². The number of anilines is 1. The topological polar surface area (TPSA) is 43.4 Å². The first-order valence-corrected chi connectivity index (χ1v) is 8.74. The fraction of sp³-hybridized carbons (Fsp3) is 0.471. The first-order chi connectivity index (χ1) is 11.9. The van der Waals surface area contributed by atoms with Gasteiger partial charge in [0.05, 0.1) is 13.3 Å². The lowest BCUT2D eigenvalue weighted by atomic mass is 9.74. The number of aromatic nitrogens is 1. The average Bonchev–Trinajstić information content (AvgIpc) is 3.10. The van der Waals surface area contributed by atoms with Gasteiger partial charge in [-0.15, -0.1) is 0 Å². The highest BCUT2D eigenvalue weighted by atomic mass is 32.1. The van der Waals surface area contributed by atoms with E-state index >= 15 is 0 Å². The predicted octanol–water partition coefficient (Wildman–Crippen LogP) is 4.33. The third kappa shape index (κ3) is 4.07. The third-order valence-electron chi connectivity index (χ3n) is 4.52. The van der Waals surface area contributed by atoms with Crippen molar-refractivity contribution >= 4 is 16.5 Å². The minimum Gasteiger partial charge on any atom is -0.497 e. The monoisotopic (exact) mass is 372 g/mol. The molecule has 0 saturated carbocycles. The number of halogens is 3. The summed E-state index contributed by atoms with van der Waals surface area (Å²) >= 11 is 0.630. The number of hydrogen-bond donors (Lipinski definition) is 1. The second-order valence-electron chi connectivity index (χ2n) is 6.00. The maximum atomic E-state index is 12.7. The van der Waals surface area contributed by atoms with Crippen LogP contribution in [-0.2, 0) is 16.3 Å². The van der Waals surface area contributed by atoms with Gasteiger partial charge in [-0.25, -0.2) is 4.98 Å². The Morgan fingerprint density at radius 1 is 1.24 bits per heavy atom. The molecule has 136 valence electrons. The summed E-state index contributed by atoms with van der Waals surface area (Å²) < 4.78 is 48.8. The largest absolute Gasteiger partial charge is 0.497 e. The van der Waals surface area contributed by atoms with Crippen LogP contribution in [0.15, 0.2) is 30.5 Å². The van der Waals surface area contributed by atoms with Gasteiger partial charge >= 0.3 is 6.18 Å². The normalized spacial score (nSPS) is 17.3. The molecule has 3 rings (SSSR count). The molecule has 1 aromatic carbocycles. The van der Waals surface area contributed by atoms with Crippen molar-refractivity contribution in [2.24, 2.45) is 0 Å². The Balaban J connectivity index is 1.77. The molecule has 1 fully saturated rings. The number of ether oxygens (including phenoxy) is 2. The summed E-state index contributed by atoms with van der Waals surface area (Å²) in [5.74, 6) is 0.772. The number of hydrogen-bond acceptors (Lipinski definition) is 5. The SMILES string of the molecule is COc1ccc(C2(CNc3ncc(C(F)(F)F)s3)CCOCC2)cc1. The number of benzene rings is 1. The van der Waals surface area contributed by atoms with Gasteiger partial charge in [-0.1, -0.05) is 23.5 Å². The highest BCUT2D eigenvalue weighted by Gasteiger charge is 2.36.